The molecule has 2 aromatic rings. The van der Waals surface area contributed by atoms with Crippen molar-refractivity contribution in [3.05, 3.63) is 77.9 Å². The third-order valence-electron chi connectivity index (χ3n) is 7.13. The second kappa shape index (κ2) is 22.1. The lowest BCUT2D eigenvalue weighted by molar-refractivity contribution is -0.122. The summed E-state index contributed by atoms with van der Waals surface area (Å²) in [4.78, 5) is 30.9. The third kappa shape index (κ3) is 18.9. The third-order valence-corrected chi connectivity index (χ3v) is 7.61. The Bertz CT molecular complexity index is 1040. The van der Waals surface area contributed by atoms with Crippen LogP contribution in [0.3, 0.4) is 0 Å². The van der Waals surface area contributed by atoms with E-state index in [1.54, 1.807) is 0 Å². The lowest BCUT2D eigenvalue weighted by atomic mass is 10.1. The van der Waals surface area contributed by atoms with Crippen LogP contribution < -0.4 is 10.1 Å². The Labute approximate surface area is 253 Å². The zero-order valence-electron chi connectivity index (χ0n) is 25.4. The Kier molecular flexibility index (Phi) is 18.9. The van der Waals surface area contributed by atoms with Crippen molar-refractivity contribution in [1.82, 2.24) is 5.32 Å². The number of rotatable bonds is 24. The SMILES string of the molecule is CCCCCCCC/C=C/CCCCCCCC(=O)NC(COP(=O)(O)O)Cc1ccc(OCc2ccccc2)cc1. The van der Waals surface area contributed by atoms with Crippen LogP contribution in [0.15, 0.2) is 66.7 Å². The quantitative estimate of drug-likeness (QED) is 0.0634. The van der Waals surface area contributed by atoms with Gasteiger partial charge in [0.15, 0.2) is 0 Å². The van der Waals surface area contributed by atoms with Crippen molar-refractivity contribution in [2.24, 2.45) is 0 Å². The summed E-state index contributed by atoms with van der Waals surface area (Å²) in [6.45, 7) is 2.44. The van der Waals surface area contributed by atoms with Crippen molar-refractivity contribution in [1.29, 1.82) is 0 Å². The molecule has 1 amide bonds. The zero-order chi connectivity index (χ0) is 30.3. The molecule has 0 saturated heterocycles. The normalized spacial score (nSPS) is 12.5. The van der Waals surface area contributed by atoms with E-state index < -0.39 is 13.9 Å². The second-order valence-electron chi connectivity index (χ2n) is 11.0. The van der Waals surface area contributed by atoms with Crippen LogP contribution >= 0.6 is 7.82 Å². The summed E-state index contributed by atoms with van der Waals surface area (Å²) >= 11 is 0. The maximum atomic E-state index is 12.6. The van der Waals surface area contributed by atoms with Gasteiger partial charge in [-0.1, -0.05) is 113 Å². The molecule has 42 heavy (non-hydrogen) atoms. The number of allylic oxidation sites excluding steroid dienone is 2. The standard InChI is InChI=1S/C34H52NO6P/c1-2-3-4-5-6-7-8-9-10-11-12-13-14-15-19-22-34(36)35-32(29-41-42(37,38)39)27-30-23-25-33(26-24-30)40-28-31-20-17-16-18-21-31/h9-10,16-18,20-21,23-26,32H,2-8,11-15,19,22,27-29H2,1H3,(H,35,36)(H2,37,38,39)/b10-9+. The number of hydrogen-bond donors (Lipinski definition) is 3. The fourth-order valence-electron chi connectivity index (χ4n) is 4.74. The molecule has 234 valence electrons. The van der Waals surface area contributed by atoms with Gasteiger partial charge >= 0.3 is 7.82 Å². The number of phosphoric ester groups is 1. The van der Waals surface area contributed by atoms with Crippen LogP contribution in [0.5, 0.6) is 5.75 Å². The van der Waals surface area contributed by atoms with Gasteiger partial charge in [0.2, 0.25) is 5.91 Å². The minimum Gasteiger partial charge on any atom is -0.489 e. The second-order valence-corrected chi connectivity index (χ2v) is 12.2. The summed E-state index contributed by atoms with van der Waals surface area (Å²) in [5, 5.41) is 2.90. The molecular formula is C34H52NO6P. The van der Waals surface area contributed by atoms with E-state index in [0.29, 0.717) is 19.4 Å². The van der Waals surface area contributed by atoms with Crippen molar-refractivity contribution < 1.29 is 28.4 Å². The number of carbonyl (C=O) groups excluding carboxylic acids is 1. The van der Waals surface area contributed by atoms with Crippen molar-refractivity contribution in [3.8, 4) is 5.75 Å². The van der Waals surface area contributed by atoms with E-state index in [0.717, 1.165) is 49.0 Å². The first-order chi connectivity index (χ1) is 20.4. The first-order valence-corrected chi connectivity index (χ1v) is 17.3. The molecule has 0 radical (unpaired) electrons. The molecule has 8 heteroatoms. The van der Waals surface area contributed by atoms with Crippen molar-refractivity contribution in [3.63, 3.8) is 0 Å². The van der Waals surface area contributed by atoms with Crippen molar-refractivity contribution in [2.75, 3.05) is 6.61 Å². The first-order valence-electron chi connectivity index (χ1n) is 15.8. The van der Waals surface area contributed by atoms with Crippen LogP contribution in [0.1, 0.15) is 108 Å². The molecule has 3 N–H and O–H groups in total. The largest absolute Gasteiger partial charge is 0.489 e. The maximum absolute atomic E-state index is 12.6. The molecule has 0 aliphatic heterocycles. The maximum Gasteiger partial charge on any atom is 0.469 e. The lowest BCUT2D eigenvalue weighted by Crippen LogP contribution is -2.39. The summed E-state index contributed by atoms with van der Waals surface area (Å²) in [6, 6.07) is 16.8. The topological polar surface area (TPSA) is 105 Å². The minimum atomic E-state index is -4.64. The molecule has 7 nitrogen and oxygen atoms in total. The van der Waals surface area contributed by atoms with E-state index in [-0.39, 0.29) is 12.5 Å². The van der Waals surface area contributed by atoms with E-state index in [1.807, 2.05) is 54.6 Å². The monoisotopic (exact) mass is 601 g/mol. The number of carbonyl (C=O) groups is 1. The number of nitrogens with one attached hydrogen (secondary N) is 1. The number of hydrogen-bond acceptors (Lipinski definition) is 4. The molecule has 0 saturated carbocycles. The molecular weight excluding hydrogens is 549 g/mol. The summed E-state index contributed by atoms with van der Waals surface area (Å²) in [5.41, 5.74) is 1.98. The lowest BCUT2D eigenvalue weighted by Gasteiger charge is -2.19. The highest BCUT2D eigenvalue weighted by Gasteiger charge is 2.20. The highest BCUT2D eigenvalue weighted by molar-refractivity contribution is 7.46. The van der Waals surface area contributed by atoms with Gasteiger partial charge in [0.1, 0.15) is 12.4 Å². The molecule has 0 aromatic heterocycles. The number of ether oxygens (including phenoxy) is 1. The van der Waals surface area contributed by atoms with E-state index >= 15 is 0 Å². The molecule has 0 bridgehead atoms. The number of unbranched alkanes of at least 4 members (excludes halogenated alkanes) is 11. The highest BCUT2D eigenvalue weighted by atomic mass is 31.2. The van der Waals surface area contributed by atoms with Gasteiger partial charge in [0, 0.05) is 6.42 Å². The van der Waals surface area contributed by atoms with Crippen LogP contribution in [-0.2, 0) is 26.9 Å². The minimum absolute atomic E-state index is 0.130. The molecule has 2 rings (SSSR count). The Morgan fingerprint density at radius 2 is 1.40 bits per heavy atom. The summed E-state index contributed by atoms with van der Waals surface area (Å²) in [6.07, 6.45) is 21.0. The Morgan fingerprint density at radius 3 is 2.02 bits per heavy atom. The Morgan fingerprint density at radius 1 is 0.810 bits per heavy atom. The summed E-state index contributed by atoms with van der Waals surface area (Å²) in [7, 11) is -4.64. The summed E-state index contributed by atoms with van der Waals surface area (Å²) in [5.74, 6) is 0.591. The van der Waals surface area contributed by atoms with Gasteiger partial charge < -0.3 is 19.8 Å². The van der Waals surface area contributed by atoms with Crippen molar-refractivity contribution >= 4 is 13.7 Å². The molecule has 0 fully saturated rings. The smallest absolute Gasteiger partial charge is 0.469 e. The van der Waals surface area contributed by atoms with Gasteiger partial charge in [-0.15, -0.1) is 0 Å². The van der Waals surface area contributed by atoms with Crippen LogP contribution in [0.2, 0.25) is 0 Å². The predicted molar refractivity (Wildman–Crippen MR) is 170 cm³/mol. The van der Waals surface area contributed by atoms with Gasteiger partial charge in [-0.05, 0) is 61.8 Å². The van der Waals surface area contributed by atoms with Gasteiger partial charge in [-0.3, -0.25) is 9.32 Å². The molecule has 1 atom stereocenters. The van der Waals surface area contributed by atoms with E-state index in [9.17, 15) is 9.36 Å². The Balaban J connectivity index is 1.63. The van der Waals surface area contributed by atoms with E-state index in [2.05, 4.69) is 24.4 Å². The fraction of sp³-hybridized carbons (Fsp3) is 0.559. The number of amides is 1. The van der Waals surface area contributed by atoms with Gasteiger partial charge in [0.05, 0.1) is 12.6 Å². The zero-order valence-corrected chi connectivity index (χ0v) is 26.3. The Hall–Kier alpha value is -2.44. The number of phosphoric acid groups is 1. The van der Waals surface area contributed by atoms with Gasteiger partial charge in [-0.25, -0.2) is 4.57 Å². The molecule has 0 spiro atoms. The molecule has 2 aromatic carbocycles. The molecule has 0 aliphatic rings. The number of benzene rings is 2. The average Bonchev–Trinajstić information content (AvgIpc) is 2.97. The van der Waals surface area contributed by atoms with Crippen molar-refractivity contribution in [2.45, 2.75) is 116 Å². The van der Waals surface area contributed by atoms with Gasteiger partial charge in [0.25, 0.3) is 0 Å². The van der Waals surface area contributed by atoms with Crippen LogP contribution in [-0.4, -0.2) is 28.3 Å². The first kappa shape index (κ1) is 35.8. The van der Waals surface area contributed by atoms with E-state index in [1.165, 1.54) is 51.4 Å². The van der Waals surface area contributed by atoms with Crippen LogP contribution in [0.4, 0.5) is 0 Å². The fourth-order valence-corrected chi connectivity index (χ4v) is 5.12. The highest BCUT2D eigenvalue weighted by Crippen LogP contribution is 2.35. The van der Waals surface area contributed by atoms with Crippen LogP contribution in [0.25, 0.3) is 0 Å². The molecule has 0 aliphatic carbocycles. The van der Waals surface area contributed by atoms with Gasteiger partial charge in [-0.2, -0.15) is 0 Å². The summed E-state index contributed by atoms with van der Waals surface area (Å²) < 4.78 is 21.8. The van der Waals surface area contributed by atoms with E-state index in [4.69, 9.17) is 19.0 Å². The molecule has 1 unspecified atom stereocenters. The predicted octanol–water partition coefficient (Wildman–Crippen LogP) is 8.44. The average molecular weight is 602 g/mol. The van der Waals surface area contributed by atoms with Crippen LogP contribution in [0, 0.1) is 0 Å². The molecule has 0 heterocycles.